The van der Waals surface area contributed by atoms with Crippen LogP contribution in [-0.2, 0) is 13.5 Å². The van der Waals surface area contributed by atoms with Crippen LogP contribution in [0.1, 0.15) is 31.2 Å². The SMILES string of the molecule is Cn1cc(CCNC2CCCCC2C#N)cn1. The predicted molar refractivity (Wildman–Crippen MR) is 66.3 cm³/mol. The molecule has 0 bridgehead atoms. The maximum absolute atomic E-state index is 9.08. The van der Waals surface area contributed by atoms with E-state index < -0.39 is 0 Å². The molecule has 2 rings (SSSR count). The zero-order chi connectivity index (χ0) is 12.1. The Kier molecular flexibility index (Phi) is 4.16. The first-order valence-electron chi connectivity index (χ1n) is 6.40. The number of nitrogens with zero attached hydrogens (tertiary/aromatic N) is 3. The lowest BCUT2D eigenvalue weighted by Crippen LogP contribution is -2.38. The van der Waals surface area contributed by atoms with Gasteiger partial charge in [-0.2, -0.15) is 10.4 Å². The van der Waals surface area contributed by atoms with E-state index in [1.807, 2.05) is 24.1 Å². The third kappa shape index (κ3) is 3.31. The molecule has 1 aliphatic carbocycles. The Morgan fingerprint density at radius 3 is 3.06 bits per heavy atom. The Bertz CT molecular complexity index is 390. The molecule has 1 heterocycles. The number of nitriles is 1. The summed E-state index contributed by atoms with van der Waals surface area (Å²) < 4.78 is 1.83. The lowest BCUT2D eigenvalue weighted by molar-refractivity contribution is 0.314. The van der Waals surface area contributed by atoms with E-state index in [2.05, 4.69) is 16.5 Å². The van der Waals surface area contributed by atoms with Gasteiger partial charge in [0.05, 0.1) is 18.2 Å². The Balaban J connectivity index is 1.76. The highest BCUT2D eigenvalue weighted by atomic mass is 15.2. The summed E-state index contributed by atoms with van der Waals surface area (Å²) in [6, 6.07) is 2.82. The van der Waals surface area contributed by atoms with Gasteiger partial charge in [-0.05, 0) is 31.4 Å². The fraction of sp³-hybridized carbons (Fsp3) is 0.692. The van der Waals surface area contributed by atoms with E-state index in [1.165, 1.54) is 18.4 Å². The third-order valence-corrected chi connectivity index (χ3v) is 3.51. The van der Waals surface area contributed by atoms with E-state index in [-0.39, 0.29) is 5.92 Å². The molecule has 0 saturated heterocycles. The van der Waals surface area contributed by atoms with E-state index >= 15 is 0 Å². The Morgan fingerprint density at radius 1 is 1.53 bits per heavy atom. The summed E-state index contributed by atoms with van der Waals surface area (Å²) >= 11 is 0. The van der Waals surface area contributed by atoms with Crippen molar-refractivity contribution < 1.29 is 0 Å². The lowest BCUT2D eigenvalue weighted by atomic mass is 9.85. The second-order valence-corrected chi connectivity index (χ2v) is 4.85. The predicted octanol–water partition coefficient (Wildman–Crippen LogP) is 1.63. The highest BCUT2D eigenvalue weighted by Gasteiger charge is 2.23. The number of rotatable bonds is 4. The Hall–Kier alpha value is -1.34. The minimum atomic E-state index is 0.206. The first kappa shape index (κ1) is 12.1. The number of hydrogen-bond donors (Lipinski definition) is 1. The molecule has 0 spiro atoms. The first-order chi connectivity index (χ1) is 8.29. The molecule has 4 heteroatoms. The van der Waals surface area contributed by atoms with Crippen molar-refractivity contribution in [2.24, 2.45) is 13.0 Å². The Labute approximate surface area is 103 Å². The summed E-state index contributed by atoms with van der Waals surface area (Å²) in [5, 5.41) is 16.7. The van der Waals surface area contributed by atoms with Gasteiger partial charge in [0.1, 0.15) is 0 Å². The van der Waals surface area contributed by atoms with Crippen LogP contribution in [0.15, 0.2) is 12.4 Å². The lowest BCUT2D eigenvalue weighted by Gasteiger charge is -2.27. The van der Waals surface area contributed by atoms with Crippen LogP contribution >= 0.6 is 0 Å². The monoisotopic (exact) mass is 232 g/mol. The number of hydrogen-bond acceptors (Lipinski definition) is 3. The van der Waals surface area contributed by atoms with Crippen molar-refractivity contribution in [3.8, 4) is 6.07 Å². The summed E-state index contributed by atoms with van der Waals surface area (Å²) in [6.45, 7) is 0.939. The van der Waals surface area contributed by atoms with Crippen LogP contribution in [0.5, 0.6) is 0 Å². The van der Waals surface area contributed by atoms with Gasteiger partial charge in [0.25, 0.3) is 0 Å². The fourth-order valence-corrected chi connectivity index (χ4v) is 2.53. The zero-order valence-electron chi connectivity index (χ0n) is 10.4. The minimum Gasteiger partial charge on any atom is -0.312 e. The fourth-order valence-electron chi connectivity index (χ4n) is 2.53. The molecule has 17 heavy (non-hydrogen) atoms. The van der Waals surface area contributed by atoms with E-state index in [1.54, 1.807) is 0 Å². The molecule has 1 N–H and O–H groups in total. The molecule has 0 aromatic carbocycles. The molecule has 0 aliphatic heterocycles. The molecule has 2 atom stereocenters. The van der Waals surface area contributed by atoms with Crippen LogP contribution in [0, 0.1) is 17.2 Å². The quantitative estimate of drug-likeness (QED) is 0.858. The molecule has 1 aliphatic rings. The Morgan fingerprint density at radius 2 is 2.35 bits per heavy atom. The highest BCUT2D eigenvalue weighted by Crippen LogP contribution is 2.23. The molecule has 1 aromatic rings. The second kappa shape index (κ2) is 5.83. The van der Waals surface area contributed by atoms with Gasteiger partial charge in [-0.1, -0.05) is 12.8 Å². The van der Waals surface area contributed by atoms with Gasteiger partial charge in [-0.25, -0.2) is 0 Å². The van der Waals surface area contributed by atoms with Crippen LogP contribution in [0.25, 0.3) is 0 Å². The van der Waals surface area contributed by atoms with E-state index in [0.29, 0.717) is 6.04 Å². The number of aromatic nitrogens is 2. The molecular formula is C13H20N4. The second-order valence-electron chi connectivity index (χ2n) is 4.85. The van der Waals surface area contributed by atoms with Crippen LogP contribution in [0.2, 0.25) is 0 Å². The van der Waals surface area contributed by atoms with Gasteiger partial charge in [0, 0.05) is 19.3 Å². The molecule has 1 saturated carbocycles. The van der Waals surface area contributed by atoms with E-state index in [4.69, 9.17) is 5.26 Å². The van der Waals surface area contributed by atoms with E-state index in [9.17, 15) is 0 Å². The molecule has 92 valence electrons. The summed E-state index contributed by atoms with van der Waals surface area (Å²) in [5.74, 6) is 0.206. The smallest absolute Gasteiger partial charge is 0.0672 e. The molecule has 1 aromatic heterocycles. The normalized spacial score (nSPS) is 24.5. The first-order valence-corrected chi connectivity index (χ1v) is 6.40. The molecule has 0 amide bonds. The van der Waals surface area contributed by atoms with Gasteiger partial charge in [-0.3, -0.25) is 4.68 Å². The summed E-state index contributed by atoms with van der Waals surface area (Å²) in [5.41, 5.74) is 1.25. The van der Waals surface area contributed by atoms with Crippen LogP contribution < -0.4 is 5.32 Å². The van der Waals surface area contributed by atoms with Gasteiger partial charge < -0.3 is 5.32 Å². The summed E-state index contributed by atoms with van der Waals surface area (Å²) in [4.78, 5) is 0. The average molecular weight is 232 g/mol. The number of nitrogens with one attached hydrogen (secondary N) is 1. The maximum Gasteiger partial charge on any atom is 0.0672 e. The highest BCUT2D eigenvalue weighted by molar-refractivity contribution is 5.04. The van der Waals surface area contributed by atoms with Gasteiger partial charge >= 0.3 is 0 Å². The van der Waals surface area contributed by atoms with Crippen LogP contribution in [0.3, 0.4) is 0 Å². The molecular weight excluding hydrogens is 212 g/mol. The van der Waals surface area contributed by atoms with Gasteiger partial charge in [0.2, 0.25) is 0 Å². The van der Waals surface area contributed by atoms with Crippen molar-refractivity contribution in [3.63, 3.8) is 0 Å². The van der Waals surface area contributed by atoms with Gasteiger partial charge in [0.15, 0.2) is 0 Å². The third-order valence-electron chi connectivity index (χ3n) is 3.51. The number of aryl methyl sites for hydroxylation is 1. The summed E-state index contributed by atoms with van der Waals surface area (Å²) in [7, 11) is 1.93. The van der Waals surface area contributed by atoms with Crippen molar-refractivity contribution in [2.75, 3.05) is 6.54 Å². The molecule has 0 radical (unpaired) electrons. The van der Waals surface area contributed by atoms with E-state index in [0.717, 1.165) is 25.8 Å². The zero-order valence-corrected chi connectivity index (χ0v) is 10.4. The minimum absolute atomic E-state index is 0.206. The van der Waals surface area contributed by atoms with Crippen molar-refractivity contribution in [2.45, 2.75) is 38.1 Å². The molecule has 1 fully saturated rings. The molecule has 4 nitrogen and oxygen atoms in total. The van der Waals surface area contributed by atoms with Crippen LogP contribution in [-0.4, -0.2) is 22.4 Å². The summed E-state index contributed by atoms with van der Waals surface area (Å²) in [6.07, 6.45) is 9.60. The van der Waals surface area contributed by atoms with Crippen molar-refractivity contribution in [1.82, 2.24) is 15.1 Å². The van der Waals surface area contributed by atoms with Gasteiger partial charge in [-0.15, -0.1) is 0 Å². The topological polar surface area (TPSA) is 53.6 Å². The average Bonchev–Trinajstić information content (AvgIpc) is 2.76. The largest absolute Gasteiger partial charge is 0.312 e. The van der Waals surface area contributed by atoms with Crippen molar-refractivity contribution >= 4 is 0 Å². The van der Waals surface area contributed by atoms with Crippen molar-refractivity contribution in [1.29, 1.82) is 5.26 Å². The molecule has 2 unspecified atom stereocenters. The standard InChI is InChI=1S/C13H20N4/c1-17-10-11(9-16-17)6-7-15-13-5-3-2-4-12(13)8-14/h9-10,12-13,15H,2-7H2,1H3. The maximum atomic E-state index is 9.08. The van der Waals surface area contributed by atoms with Crippen LogP contribution in [0.4, 0.5) is 0 Å². The van der Waals surface area contributed by atoms with Crippen molar-refractivity contribution in [3.05, 3.63) is 18.0 Å².